The van der Waals surface area contributed by atoms with Gasteiger partial charge >= 0.3 is 0 Å². The number of ether oxygens (including phenoxy) is 4. The summed E-state index contributed by atoms with van der Waals surface area (Å²) in [7, 11) is 3.01. The number of benzene rings is 3. The van der Waals surface area contributed by atoms with Crippen molar-refractivity contribution in [3.05, 3.63) is 81.7 Å². The second-order valence-electron chi connectivity index (χ2n) is 8.54. The molecule has 1 aliphatic heterocycles. The number of nitrogens with one attached hydrogen (secondary N) is 1. The van der Waals surface area contributed by atoms with Gasteiger partial charge in [0.15, 0.2) is 29.6 Å². The molecule has 0 unspecified atom stereocenters. The highest BCUT2D eigenvalue weighted by molar-refractivity contribution is 8.18. The molecule has 1 heterocycles. The summed E-state index contributed by atoms with van der Waals surface area (Å²) in [6.45, 7) is 1.83. The summed E-state index contributed by atoms with van der Waals surface area (Å²) >= 11 is 6.96. The van der Waals surface area contributed by atoms with Gasteiger partial charge in [-0.3, -0.25) is 19.3 Å². The summed E-state index contributed by atoms with van der Waals surface area (Å²) in [5, 5.41) is 2.90. The Morgan fingerprint density at radius 1 is 0.950 bits per heavy atom. The van der Waals surface area contributed by atoms with Crippen molar-refractivity contribution in [2.45, 2.75) is 6.92 Å². The molecule has 0 aliphatic carbocycles. The van der Waals surface area contributed by atoms with Crippen LogP contribution in [0.2, 0.25) is 5.02 Å². The van der Waals surface area contributed by atoms with Crippen LogP contribution >= 0.6 is 23.4 Å². The number of methoxy groups -OCH3 is 2. The zero-order valence-corrected chi connectivity index (χ0v) is 23.6. The van der Waals surface area contributed by atoms with E-state index in [9.17, 15) is 14.4 Å². The van der Waals surface area contributed by atoms with Crippen molar-refractivity contribution in [2.75, 3.05) is 39.3 Å². The average Bonchev–Trinajstić information content (AvgIpc) is 3.21. The van der Waals surface area contributed by atoms with Crippen molar-refractivity contribution in [1.82, 2.24) is 4.90 Å². The molecule has 11 heteroatoms. The monoisotopic (exact) mass is 582 g/mol. The molecule has 0 aromatic heterocycles. The summed E-state index contributed by atoms with van der Waals surface area (Å²) in [5.41, 5.74) is 2.09. The lowest BCUT2D eigenvalue weighted by Gasteiger charge is -2.14. The van der Waals surface area contributed by atoms with Crippen LogP contribution in [0.25, 0.3) is 6.08 Å². The lowest BCUT2D eigenvalue weighted by atomic mass is 10.2. The molecule has 4 rings (SSSR count). The maximum absolute atomic E-state index is 12.9. The van der Waals surface area contributed by atoms with Crippen LogP contribution in [0.4, 0.5) is 10.5 Å². The standard InChI is InChI=1S/C29H27ClN2O7S/c1-18-8-10-20(16-21(18)30)31-27(33)17-39-24-11-9-19(14-25(24)37-3)15-26-28(34)32(29(35)40-26)12-13-38-23-7-5-4-6-22(23)36-2/h4-11,14-16H,12-13,17H2,1-3H3,(H,31,33)/b26-15-. The molecule has 3 aromatic carbocycles. The molecule has 0 saturated carbocycles. The number of hydrogen-bond donors (Lipinski definition) is 1. The number of carbonyl (C=O) groups is 3. The SMILES string of the molecule is COc1ccccc1OCCN1C(=O)S/C(=C\c2ccc(OCC(=O)Nc3ccc(C)c(Cl)c3)c(OC)c2)C1=O. The lowest BCUT2D eigenvalue weighted by molar-refractivity contribution is -0.123. The van der Waals surface area contributed by atoms with Crippen LogP contribution < -0.4 is 24.3 Å². The molecule has 208 valence electrons. The highest BCUT2D eigenvalue weighted by atomic mass is 35.5. The van der Waals surface area contributed by atoms with Gasteiger partial charge in [-0.15, -0.1) is 0 Å². The Morgan fingerprint density at radius 2 is 1.68 bits per heavy atom. The number of carbonyl (C=O) groups excluding carboxylic acids is 3. The van der Waals surface area contributed by atoms with E-state index in [4.69, 9.17) is 30.5 Å². The van der Waals surface area contributed by atoms with Gasteiger partial charge in [0.1, 0.15) is 6.61 Å². The third kappa shape index (κ3) is 7.08. The van der Waals surface area contributed by atoms with Gasteiger partial charge < -0.3 is 24.3 Å². The van der Waals surface area contributed by atoms with E-state index in [1.165, 1.54) is 14.2 Å². The van der Waals surface area contributed by atoms with Crippen LogP contribution in [0.1, 0.15) is 11.1 Å². The molecule has 0 atom stereocenters. The first-order chi connectivity index (χ1) is 19.3. The zero-order valence-electron chi connectivity index (χ0n) is 22.1. The molecule has 1 N–H and O–H groups in total. The van der Waals surface area contributed by atoms with Gasteiger partial charge in [0, 0.05) is 10.7 Å². The van der Waals surface area contributed by atoms with Crippen LogP contribution in [-0.2, 0) is 9.59 Å². The minimum absolute atomic E-state index is 0.0903. The number of imide groups is 1. The van der Waals surface area contributed by atoms with Gasteiger partial charge in [0.25, 0.3) is 17.1 Å². The van der Waals surface area contributed by atoms with Crippen LogP contribution in [-0.4, -0.2) is 55.9 Å². The second kappa shape index (κ2) is 13.3. The highest BCUT2D eigenvalue weighted by Gasteiger charge is 2.35. The molecule has 3 amide bonds. The van der Waals surface area contributed by atoms with Gasteiger partial charge in [-0.25, -0.2) is 0 Å². The quantitative estimate of drug-likeness (QED) is 0.283. The van der Waals surface area contributed by atoms with Crippen LogP contribution in [0.3, 0.4) is 0 Å². The van der Waals surface area contributed by atoms with E-state index in [0.717, 1.165) is 22.2 Å². The number of thioether (sulfide) groups is 1. The molecule has 0 spiro atoms. The minimum atomic E-state index is -0.411. The summed E-state index contributed by atoms with van der Waals surface area (Å²) in [6, 6.07) is 17.4. The minimum Gasteiger partial charge on any atom is -0.493 e. The number of para-hydroxylation sites is 2. The summed E-state index contributed by atoms with van der Waals surface area (Å²) in [4.78, 5) is 39.2. The van der Waals surface area contributed by atoms with E-state index in [1.54, 1.807) is 48.5 Å². The van der Waals surface area contributed by atoms with Crippen molar-refractivity contribution in [2.24, 2.45) is 0 Å². The lowest BCUT2D eigenvalue weighted by Crippen LogP contribution is -2.32. The zero-order chi connectivity index (χ0) is 28.6. The smallest absolute Gasteiger partial charge is 0.293 e. The van der Waals surface area contributed by atoms with E-state index >= 15 is 0 Å². The van der Waals surface area contributed by atoms with Crippen molar-refractivity contribution in [3.63, 3.8) is 0 Å². The number of amides is 3. The highest BCUT2D eigenvalue weighted by Crippen LogP contribution is 2.35. The fourth-order valence-electron chi connectivity index (χ4n) is 3.73. The molecule has 0 bridgehead atoms. The molecule has 0 radical (unpaired) electrons. The van der Waals surface area contributed by atoms with Crippen molar-refractivity contribution >= 4 is 52.2 Å². The van der Waals surface area contributed by atoms with Gasteiger partial charge in [-0.2, -0.15) is 0 Å². The number of hydrogen-bond acceptors (Lipinski definition) is 8. The van der Waals surface area contributed by atoms with Gasteiger partial charge in [-0.05, 0) is 72.3 Å². The van der Waals surface area contributed by atoms with Crippen molar-refractivity contribution in [1.29, 1.82) is 0 Å². The average molecular weight is 583 g/mol. The summed E-state index contributed by atoms with van der Waals surface area (Å²) < 4.78 is 22.0. The predicted octanol–water partition coefficient (Wildman–Crippen LogP) is 5.80. The Balaban J connectivity index is 1.35. The van der Waals surface area contributed by atoms with Crippen LogP contribution in [0, 0.1) is 6.92 Å². The Kier molecular flexibility index (Phi) is 9.57. The van der Waals surface area contributed by atoms with Gasteiger partial charge in [0.2, 0.25) is 0 Å². The van der Waals surface area contributed by atoms with Crippen LogP contribution in [0.5, 0.6) is 23.0 Å². The molecule has 40 heavy (non-hydrogen) atoms. The maximum Gasteiger partial charge on any atom is 0.293 e. The number of aryl methyl sites for hydroxylation is 1. The molecule has 1 saturated heterocycles. The van der Waals surface area contributed by atoms with Crippen LogP contribution in [0.15, 0.2) is 65.6 Å². The third-order valence-electron chi connectivity index (χ3n) is 5.81. The van der Waals surface area contributed by atoms with Gasteiger partial charge in [0.05, 0.1) is 25.7 Å². The summed E-state index contributed by atoms with van der Waals surface area (Å²) in [6.07, 6.45) is 1.60. The largest absolute Gasteiger partial charge is 0.493 e. The van der Waals surface area contributed by atoms with E-state index in [0.29, 0.717) is 39.3 Å². The first-order valence-electron chi connectivity index (χ1n) is 12.2. The Labute approximate surface area is 241 Å². The molecular formula is C29H27ClN2O7S. The fraction of sp³-hybridized carbons (Fsp3) is 0.207. The Hall–Kier alpha value is -4.15. The van der Waals surface area contributed by atoms with E-state index in [-0.39, 0.29) is 35.8 Å². The van der Waals surface area contributed by atoms with E-state index in [2.05, 4.69) is 5.32 Å². The molecule has 1 aliphatic rings. The van der Waals surface area contributed by atoms with Crippen molar-refractivity contribution in [3.8, 4) is 23.0 Å². The molecule has 1 fully saturated rings. The first-order valence-corrected chi connectivity index (χ1v) is 13.4. The van der Waals surface area contributed by atoms with E-state index in [1.807, 2.05) is 25.1 Å². The predicted molar refractivity (Wildman–Crippen MR) is 154 cm³/mol. The normalized spacial score (nSPS) is 13.9. The third-order valence-corrected chi connectivity index (χ3v) is 7.13. The topological polar surface area (TPSA) is 103 Å². The Morgan fingerprint density at radius 3 is 2.40 bits per heavy atom. The Bertz CT molecular complexity index is 1460. The number of nitrogens with zero attached hydrogens (tertiary/aromatic N) is 1. The number of rotatable bonds is 11. The maximum atomic E-state index is 12.9. The second-order valence-corrected chi connectivity index (χ2v) is 9.94. The number of anilines is 1. The first kappa shape index (κ1) is 28.8. The summed E-state index contributed by atoms with van der Waals surface area (Å²) in [5.74, 6) is 1.02. The molecular weight excluding hydrogens is 556 g/mol. The van der Waals surface area contributed by atoms with Gasteiger partial charge in [-0.1, -0.05) is 35.9 Å². The van der Waals surface area contributed by atoms with Crippen molar-refractivity contribution < 1.29 is 33.3 Å². The number of halogens is 1. The fourth-order valence-corrected chi connectivity index (χ4v) is 4.78. The molecule has 3 aromatic rings. The molecule has 9 nitrogen and oxygen atoms in total. The van der Waals surface area contributed by atoms with E-state index < -0.39 is 5.91 Å².